The van der Waals surface area contributed by atoms with Gasteiger partial charge in [-0.05, 0) is 50.5 Å². The van der Waals surface area contributed by atoms with Crippen molar-refractivity contribution in [2.45, 2.75) is 37.4 Å². The fourth-order valence-corrected chi connectivity index (χ4v) is 5.95. The minimum Gasteiger partial charge on any atom is -0.347 e. The molecule has 0 radical (unpaired) electrons. The molecule has 3 rings (SSSR count). The van der Waals surface area contributed by atoms with Gasteiger partial charge >= 0.3 is 0 Å². The van der Waals surface area contributed by atoms with Crippen molar-refractivity contribution >= 4 is 27.3 Å². The third-order valence-electron chi connectivity index (χ3n) is 4.35. The molecular weight excluding hydrogens is 356 g/mol. The van der Waals surface area contributed by atoms with Gasteiger partial charge in [-0.2, -0.15) is 4.31 Å². The minimum absolute atomic E-state index is 0.144. The summed E-state index contributed by atoms with van der Waals surface area (Å²) in [4.78, 5) is 13.2. The van der Waals surface area contributed by atoms with E-state index in [1.165, 1.54) is 15.6 Å². The lowest BCUT2D eigenvalue weighted by Gasteiger charge is -2.13. The number of carbonyl (C=O) groups is 1. The fourth-order valence-electron chi connectivity index (χ4n) is 2.98. The summed E-state index contributed by atoms with van der Waals surface area (Å²) in [5.41, 5.74) is 2.69. The van der Waals surface area contributed by atoms with Gasteiger partial charge in [0.1, 0.15) is 4.21 Å². The van der Waals surface area contributed by atoms with Crippen LogP contribution in [0.4, 0.5) is 0 Å². The van der Waals surface area contributed by atoms with Gasteiger partial charge in [0.25, 0.3) is 15.9 Å². The molecule has 1 aliphatic heterocycles. The minimum atomic E-state index is -3.38. The van der Waals surface area contributed by atoms with E-state index in [1.807, 2.05) is 32.0 Å². The molecule has 0 bridgehead atoms. The Kier molecular flexibility index (Phi) is 5.27. The second kappa shape index (κ2) is 7.27. The van der Waals surface area contributed by atoms with Crippen molar-refractivity contribution in [3.8, 4) is 0 Å². The Morgan fingerprint density at radius 2 is 1.88 bits per heavy atom. The maximum atomic E-state index is 12.5. The monoisotopic (exact) mass is 378 g/mol. The van der Waals surface area contributed by atoms with E-state index in [4.69, 9.17) is 0 Å². The van der Waals surface area contributed by atoms with Gasteiger partial charge in [0.15, 0.2) is 0 Å². The summed E-state index contributed by atoms with van der Waals surface area (Å²) in [6, 6.07) is 9.11. The average Bonchev–Trinajstić information content (AvgIpc) is 3.24. The van der Waals surface area contributed by atoms with E-state index in [1.54, 1.807) is 12.1 Å². The number of amides is 1. The molecule has 1 N–H and O–H groups in total. The van der Waals surface area contributed by atoms with Crippen LogP contribution < -0.4 is 5.32 Å². The van der Waals surface area contributed by atoms with Gasteiger partial charge in [-0.15, -0.1) is 11.3 Å². The predicted octanol–water partition coefficient (Wildman–Crippen LogP) is 3.08. The van der Waals surface area contributed by atoms with E-state index in [9.17, 15) is 13.2 Å². The van der Waals surface area contributed by atoms with E-state index in [2.05, 4.69) is 5.32 Å². The van der Waals surface area contributed by atoms with Crippen molar-refractivity contribution in [1.29, 1.82) is 0 Å². The van der Waals surface area contributed by atoms with Crippen molar-refractivity contribution in [2.75, 3.05) is 13.1 Å². The van der Waals surface area contributed by atoms with Crippen LogP contribution in [0, 0.1) is 13.8 Å². The first-order valence-corrected chi connectivity index (χ1v) is 10.6. The molecule has 1 saturated heterocycles. The van der Waals surface area contributed by atoms with Crippen LogP contribution in [0.15, 0.2) is 34.5 Å². The van der Waals surface area contributed by atoms with Crippen molar-refractivity contribution < 1.29 is 13.2 Å². The van der Waals surface area contributed by atoms with E-state index in [0.29, 0.717) is 29.4 Å². The second-order valence-corrected chi connectivity index (χ2v) is 9.67. The number of rotatable bonds is 5. The lowest BCUT2D eigenvalue weighted by atomic mass is 10.1. The van der Waals surface area contributed by atoms with Crippen molar-refractivity contribution in [2.24, 2.45) is 0 Å². The number of sulfonamides is 1. The van der Waals surface area contributed by atoms with Gasteiger partial charge in [0.05, 0.1) is 6.54 Å². The van der Waals surface area contributed by atoms with Gasteiger partial charge in [0, 0.05) is 23.5 Å². The zero-order valence-electron chi connectivity index (χ0n) is 14.4. The molecule has 0 atom stereocenters. The SMILES string of the molecule is Cc1ccc(C(=O)NCc2ccc(S(=O)(=O)N3CCCC3)s2)c(C)c1. The highest BCUT2D eigenvalue weighted by Crippen LogP contribution is 2.27. The Morgan fingerprint density at radius 1 is 1.16 bits per heavy atom. The first kappa shape index (κ1) is 18.1. The molecule has 134 valence electrons. The molecule has 1 aromatic heterocycles. The molecule has 1 aromatic carbocycles. The molecule has 5 nitrogen and oxygen atoms in total. The van der Waals surface area contributed by atoms with Gasteiger partial charge < -0.3 is 5.32 Å². The number of benzene rings is 1. The maximum absolute atomic E-state index is 12.5. The summed E-state index contributed by atoms with van der Waals surface area (Å²) in [6.07, 6.45) is 1.84. The maximum Gasteiger partial charge on any atom is 0.252 e. The normalized spacial score (nSPS) is 15.4. The van der Waals surface area contributed by atoms with Crippen LogP contribution in [-0.4, -0.2) is 31.7 Å². The highest BCUT2D eigenvalue weighted by atomic mass is 32.2. The molecule has 2 heterocycles. The molecule has 0 spiro atoms. The average molecular weight is 379 g/mol. The topological polar surface area (TPSA) is 66.5 Å². The number of nitrogens with zero attached hydrogens (tertiary/aromatic N) is 1. The number of nitrogens with one attached hydrogen (secondary N) is 1. The standard InChI is InChI=1S/C18H22N2O3S2/c1-13-5-7-16(14(2)11-13)18(21)19-12-15-6-8-17(24-15)25(22,23)20-9-3-4-10-20/h5-8,11H,3-4,9-10,12H2,1-2H3,(H,19,21). The van der Waals surface area contributed by atoms with Crippen LogP contribution in [0.2, 0.25) is 0 Å². The molecule has 1 aliphatic rings. The number of aryl methyl sites for hydroxylation is 2. The van der Waals surface area contributed by atoms with Gasteiger partial charge in [0.2, 0.25) is 0 Å². The van der Waals surface area contributed by atoms with E-state index < -0.39 is 10.0 Å². The van der Waals surface area contributed by atoms with Crippen LogP contribution in [0.3, 0.4) is 0 Å². The van der Waals surface area contributed by atoms with Gasteiger partial charge in [-0.3, -0.25) is 4.79 Å². The van der Waals surface area contributed by atoms with Crippen molar-refractivity contribution in [3.63, 3.8) is 0 Å². The van der Waals surface area contributed by atoms with E-state index in [0.717, 1.165) is 28.8 Å². The quantitative estimate of drug-likeness (QED) is 0.869. The van der Waals surface area contributed by atoms with Gasteiger partial charge in [-0.1, -0.05) is 17.7 Å². The summed E-state index contributed by atoms with van der Waals surface area (Å²) in [6.45, 7) is 5.42. The molecule has 0 unspecified atom stereocenters. The summed E-state index contributed by atoms with van der Waals surface area (Å²) in [5.74, 6) is -0.144. The zero-order valence-corrected chi connectivity index (χ0v) is 16.0. The summed E-state index contributed by atoms with van der Waals surface area (Å²) >= 11 is 1.23. The molecule has 25 heavy (non-hydrogen) atoms. The number of thiophene rings is 1. The smallest absolute Gasteiger partial charge is 0.252 e. The zero-order chi connectivity index (χ0) is 18.0. The highest BCUT2D eigenvalue weighted by molar-refractivity contribution is 7.91. The van der Waals surface area contributed by atoms with E-state index in [-0.39, 0.29) is 5.91 Å². The van der Waals surface area contributed by atoms with Crippen molar-refractivity contribution in [3.05, 3.63) is 51.9 Å². The third kappa shape index (κ3) is 3.94. The summed E-state index contributed by atoms with van der Waals surface area (Å²) < 4.78 is 27.0. The predicted molar refractivity (Wildman–Crippen MR) is 99.4 cm³/mol. The van der Waals surface area contributed by atoms with Crippen LogP contribution in [0.5, 0.6) is 0 Å². The van der Waals surface area contributed by atoms with Crippen LogP contribution in [-0.2, 0) is 16.6 Å². The Hall–Kier alpha value is -1.70. The second-order valence-electron chi connectivity index (χ2n) is 6.33. The highest BCUT2D eigenvalue weighted by Gasteiger charge is 2.28. The number of hydrogen-bond acceptors (Lipinski definition) is 4. The van der Waals surface area contributed by atoms with Crippen LogP contribution in [0.25, 0.3) is 0 Å². The lowest BCUT2D eigenvalue weighted by molar-refractivity contribution is 0.0950. The number of carbonyl (C=O) groups excluding carboxylic acids is 1. The summed E-state index contributed by atoms with van der Waals surface area (Å²) in [7, 11) is -3.38. The third-order valence-corrected chi connectivity index (χ3v) is 7.80. The molecule has 1 fully saturated rings. The van der Waals surface area contributed by atoms with E-state index >= 15 is 0 Å². The molecular formula is C18H22N2O3S2. The van der Waals surface area contributed by atoms with Gasteiger partial charge in [-0.25, -0.2) is 8.42 Å². The molecule has 0 aliphatic carbocycles. The van der Waals surface area contributed by atoms with Crippen LogP contribution in [0.1, 0.15) is 39.2 Å². The molecule has 1 amide bonds. The molecule has 7 heteroatoms. The molecule has 0 saturated carbocycles. The summed E-state index contributed by atoms with van der Waals surface area (Å²) in [5, 5.41) is 2.87. The Bertz CT molecular complexity index is 881. The Morgan fingerprint density at radius 3 is 2.56 bits per heavy atom. The lowest BCUT2D eigenvalue weighted by Crippen LogP contribution is -2.27. The largest absolute Gasteiger partial charge is 0.347 e. The Labute approximate surface area is 152 Å². The Balaban J connectivity index is 1.66. The fraction of sp³-hybridized carbons (Fsp3) is 0.389. The molecule has 2 aromatic rings. The first-order valence-electron chi connectivity index (χ1n) is 8.32. The van der Waals surface area contributed by atoms with Crippen LogP contribution >= 0.6 is 11.3 Å². The first-order chi connectivity index (χ1) is 11.9. The number of hydrogen-bond donors (Lipinski definition) is 1. The van der Waals surface area contributed by atoms with Crippen molar-refractivity contribution in [1.82, 2.24) is 9.62 Å².